The highest BCUT2D eigenvalue weighted by Crippen LogP contribution is 2.50. The number of alkyl halides is 5. The molecule has 1 unspecified atom stereocenters. The van der Waals surface area contributed by atoms with E-state index in [1.165, 1.54) is 12.8 Å². The number of hydrogen-bond acceptors (Lipinski definition) is 3. The highest BCUT2D eigenvalue weighted by molar-refractivity contribution is 6.75. The summed E-state index contributed by atoms with van der Waals surface area (Å²) in [4.78, 5) is 1.88. The molecule has 0 aromatic carbocycles. The molecule has 1 atom stereocenters. The van der Waals surface area contributed by atoms with Crippen LogP contribution in [0.1, 0.15) is 39.5 Å². The molecular formula is C12H20Cl5N3. The van der Waals surface area contributed by atoms with Crippen LogP contribution in [0.5, 0.6) is 0 Å². The normalized spacial score (nSPS) is 20.1. The van der Waals surface area contributed by atoms with Gasteiger partial charge in [0.1, 0.15) is 6.34 Å². The van der Waals surface area contributed by atoms with Gasteiger partial charge < -0.3 is 4.90 Å². The van der Waals surface area contributed by atoms with E-state index in [4.69, 9.17) is 58.0 Å². The Hall–Kier alpha value is 0.720. The maximum atomic E-state index is 6.33. The van der Waals surface area contributed by atoms with Gasteiger partial charge in [-0.1, -0.05) is 84.2 Å². The molecule has 0 amide bonds. The maximum Gasteiger partial charge on any atom is 0.227 e. The number of hydrazone groups is 1. The lowest BCUT2D eigenvalue weighted by Crippen LogP contribution is -2.56. The highest BCUT2D eigenvalue weighted by atomic mass is 35.6. The van der Waals surface area contributed by atoms with E-state index in [9.17, 15) is 0 Å². The van der Waals surface area contributed by atoms with Crippen LogP contribution in [0.2, 0.25) is 0 Å². The van der Waals surface area contributed by atoms with Crippen LogP contribution in [0.3, 0.4) is 0 Å². The van der Waals surface area contributed by atoms with Crippen molar-refractivity contribution in [3.05, 3.63) is 0 Å². The average molecular weight is 384 g/mol. The van der Waals surface area contributed by atoms with Crippen LogP contribution >= 0.6 is 58.0 Å². The first-order chi connectivity index (χ1) is 9.25. The summed E-state index contributed by atoms with van der Waals surface area (Å²) in [6.07, 6.45) is 5.72. The lowest BCUT2D eigenvalue weighted by atomic mass is 10.2. The zero-order valence-corrected chi connectivity index (χ0v) is 15.4. The second kappa shape index (κ2) is 7.82. The van der Waals surface area contributed by atoms with Gasteiger partial charge in [0.2, 0.25) is 8.13 Å². The number of hydrogen-bond donors (Lipinski definition) is 0. The van der Waals surface area contributed by atoms with Crippen LogP contribution < -0.4 is 0 Å². The van der Waals surface area contributed by atoms with Gasteiger partial charge in [-0.05, 0) is 13.3 Å². The molecule has 0 saturated heterocycles. The molecule has 0 fully saturated rings. The second-order valence-electron chi connectivity index (χ2n) is 4.78. The van der Waals surface area contributed by atoms with E-state index in [1.807, 2.05) is 11.8 Å². The Morgan fingerprint density at radius 1 is 1.05 bits per heavy atom. The molecule has 0 aromatic rings. The van der Waals surface area contributed by atoms with Crippen LogP contribution in [0, 0.1) is 0 Å². The Morgan fingerprint density at radius 2 is 1.70 bits per heavy atom. The fourth-order valence-corrected chi connectivity index (χ4v) is 2.88. The maximum absolute atomic E-state index is 6.33. The molecule has 1 aliphatic heterocycles. The summed E-state index contributed by atoms with van der Waals surface area (Å²) in [5.41, 5.74) is 0. The molecule has 3 nitrogen and oxygen atoms in total. The van der Waals surface area contributed by atoms with Crippen molar-refractivity contribution in [1.29, 1.82) is 0 Å². The lowest BCUT2D eigenvalue weighted by molar-refractivity contribution is 0.116. The number of halogens is 5. The largest absolute Gasteiger partial charge is 0.337 e. The van der Waals surface area contributed by atoms with Gasteiger partial charge in [-0.25, -0.2) is 0 Å². The zero-order chi connectivity index (χ0) is 15.4. The molecule has 8 heteroatoms. The van der Waals surface area contributed by atoms with Crippen molar-refractivity contribution in [3.63, 3.8) is 0 Å². The first-order valence-corrected chi connectivity index (χ1v) is 8.65. The van der Waals surface area contributed by atoms with Crippen LogP contribution in [0.4, 0.5) is 0 Å². The monoisotopic (exact) mass is 381 g/mol. The van der Waals surface area contributed by atoms with Crippen LogP contribution in [0.15, 0.2) is 5.10 Å². The minimum absolute atomic E-state index is 0.482. The van der Waals surface area contributed by atoms with E-state index in [2.05, 4.69) is 12.0 Å². The van der Waals surface area contributed by atoms with Crippen LogP contribution in [0.25, 0.3) is 0 Å². The van der Waals surface area contributed by atoms with Gasteiger partial charge in [0.25, 0.3) is 0 Å². The Bertz CT molecular complexity index is 330. The van der Waals surface area contributed by atoms with E-state index in [1.54, 1.807) is 11.3 Å². The molecule has 1 aliphatic rings. The first kappa shape index (κ1) is 18.8. The topological polar surface area (TPSA) is 18.8 Å². The third-order valence-corrected chi connectivity index (χ3v) is 5.68. The SMILES string of the molecule is CCCCCCN1N=CN(CC)C1C(Cl)(Cl)C(Cl)(Cl)Cl. The van der Waals surface area contributed by atoms with Crippen molar-refractivity contribution < 1.29 is 0 Å². The Labute approximate surface area is 146 Å². The quantitative estimate of drug-likeness (QED) is 0.454. The van der Waals surface area contributed by atoms with E-state index in [-0.39, 0.29) is 0 Å². The van der Waals surface area contributed by atoms with Gasteiger partial charge in [-0.15, -0.1) is 0 Å². The second-order valence-corrected chi connectivity index (χ2v) is 8.45. The summed E-state index contributed by atoms with van der Waals surface area (Å²) >= 11 is 30.5. The summed E-state index contributed by atoms with van der Waals surface area (Å²) in [7, 11) is 0. The fourth-order valence-electron chi connectivity index (χ4n) is 2.11. The molecule has 0 N–H and O–H groups in total. The lowest BCUT2D eigenvalue weighted by Gasteiger charge is -2.41. The third kappa shape index (κ3) is 4.36. The molecule has 0 radical (unpaired) electrons. The predicted octanol–water partition coefficient (Wildman–Crippen LogP) is 5.02. The summed E-state index contributed by atoms with van der Waals surface area (Å²) in [6.45, 7) is 5.56. The molecular weight excluding hydrogens is 363 g/mol. The average Bonchev–Trinajstić information content (AvgIpc) is 2.76. The standard InChI is InChI=1S/C12H20Cl5N3/c1-3-5-6-7-8-20-10(19(4-2)9-18-20)11(13,14)12(15,16)17/h9-10H,3-8H2,1-2H3. The Morgan fingerprint density at radius 3 is 2.20 bits per heavy atom. The molecule has 0 saturated carbocycles. The predicted molar refractivity (Wildman–Crippen MR) is 90.2 cm³/mol. The molecule has 0 aliphatic carbocycles. The van der Waals surface area contributed by atoms with Crippen molar-refractivity contribution in [2.75, 3.05) is 13.1 Å². The van der Waals surface area contributed by atoms with E-state index >= 15 is 0 Å². The van der Waals surface area contributed by atoms with Gasteiger partial charge in [0.15, 0.2) is 6.17 Å². The van der Waals surface area contributed by atoms with Crippen molar-refractivity contribution in [1.82, 2.24) is 9.91 Å². The summed E-state index contributed by atoms with van der Waals surface area (Å²) < 4.78 is -3.38. The Kier molecular flexibility index (Phi) is 7.34. The summed E-state index contributed by atoms with van der Waals surface area (Å²) in [5, 5.41) is 6.14. The zero-order valence-electron chi connectivity index (χ0n) is 11.6. The van der Waals surface area contributed by atoms with E-state index < -0.39 is 14.3 Å². The fraction of sp³-hybridized carbons (Fsp3) is 0.917. The molecule has 20 heavy (non-hydrogen) atoms. The summed E-state index contributed by atoms with van der Waals surface area (Å²) in [5.74, 6) is 0. The number of nitrogens with zero attached hydrogens (tertiary/aromatic N) is 3. The smallest absolute Gasteiger partial charge is 0.227 e. The van der Waals surface area contributed by atoms with Crippen LogP contribution in [-0.4, -0.2) is 43.6 Å². The highest BCUT2D eigenvalue weighted by Gasteiger charge is 2.56. The van der Waals surface area contributed by atoms with Crippen molar-refractivity contribution >= 4 is 64.3 Å². The molecule has 1 heterocycles. The summed E-state index contributed by atoms with van der Waals surface area (Å²) in [6, 6.07) is 0. The molecule has 1 rings (SSSR count). The molecule has 0 bridgehead atoms. The van der Waals surface area contributed by atoms with Crippen LogP contribution in [-0.2, 0) is 0 Å². The van der Waals surface area contributed by atoms with E-state index in [0.717, 1.165) is 19.4 Å². The minimum atomic E-state index is -1.80. The van der Waals surface area contributed by atoms with E-state index in [0.29, 0.717) is 6.54 Å². The number of unbranched alkanes of at least 4 members (excludes halogenated alkanes) is 3. The molecule has 0 spiro atoms. The van der Waals surface area contributed by atoms with Gasteiger partial charge in [-0.2, -0.15) is 5.10 Å². The van der Waals surface area contributed by atoms with Gasteiger partial charge in [0.05, 0.1) is 0 Å². The van der Waals surface area contributed by atoms with Gasteiger partial charge in [-0.3, -0.25) is 5.01 Å². The number of rotatable bonds is 7. The van der Waals surface area contributed by atoms with Gasteiger partial charge in [0, 0.05) is 13.1 Å². The molecule has 0 aromatic heterocycles. The Balaban J connectivity index is 2.76. The van der Waals surface area contributed by atoms with Crippen molar-refractivity contribution in [3.8, 4) is 0 Å². The van der Waals surface area contributed by atoms with Crippen molar-refractivity contribution in [2.24, 2.45) is 5.10 Å². The first-order valence-electron chi connectivity index (χ1n) is 6.76. The van der Waals surface area contributed by atoms with Gasteiger partial charge >= 0.3 is 0 Å². The third-order valence-electron chi connectivity index (χ3n) is 3.25. The molecule has 118 valence electrons. The minimum Gasteiger partial charge on any atom is -0.337 e. The van der Waals surface area contributed by atoms with Crippen molar-refractivity contribution in [2.45, 2.75) is 53.8 Å².